The minimum absolute atomic E-state index is 0.0820. The molecule has 0 aromatic heterocycles. The highest BCUT2D eigenvalue weighted by Crippen LogP contribution is 2.57. The molecule has 2 aliphatic heterocycles. The number of amides is 1. The van der Waals surface area contributed by atoms with Gasteiger partial charge in [-0.1, -0.05) is 102 Å². The first-order valence-electron chi connectivity index (χ1n) is 15.1. The van der Waals surface area contributed by atoms with E-state index in [4.69, 9.17) is 31.9 Å². The molecule has 2 heterocycles. The second kappa shape index (κ2) is 14.1. The second-order valence-electron chi connectivity index (χ2n) is 13.4. The van der Waals surface area contributed by atoms with Crippen LogP contribution in [0.5, 0.6) is 0 Å². The van der Waals surface area contributed by atoms with Gasteiger partial charge < -0.3 is 23.6 Å². The minimum atomic E-state index is -4.38. The molecule has 0 aliphatic carbocycles. The third kappa shape index (κ3) is 8.50. The van der Waals surface area contributed by atoms with Crippen molar-refractivity contribution in [1.82, 2.24) is 5.32 Å². The number of carbonyl (C=O) groups excluding carboxylic acids is 2. The summed E-state index contributed by atoms with van der Waals surface area (Å²) in [6.45, 7) is 14.9. The summed E-state index contributed by atoms with van der Waals surface area (Å²) in [5, 5.41) is 2.04. The van der Waals surface area contributed by atoms with E-state index in [-0.39, 0.29) is 29.9 Å². The number of rotatable bonds is 10. The lowest BCUT2D eigenvalue weighted by molar-refractivity contribution is -0.265. The summed E-state index contributed by atoms with van der Waals surface area (Å²) in [4.78, 5) is 25.0. The molecular weight excluding hydrogens is 617 g/mol. The minimum Gasteiger partial charge on any atom is -0.457 e. The van der Waals surface area contributed by atoms with E-state index in [1.807, 2.05) is 60.7 Å². The van der Waals surface area contributed by atoms with E-state index in [9.17, 15) is 14.2 Å². The molecule has 2 aromatic rings. The van der Waals surface area contributed by atoms with Crippen LogP contribution in [0.1, 0.15) is 66.5 Å². The van der Waals surface area contributed by atoms with Gasteiger partial charge in [0, 0.05) is 23.9 Å². The van der Waals surface area contributed by atoms with Gasteiger partial charge in [-0.2, -0.15) is 0 Å². The Morgan fingerprint density at radius 3 is 1.84 bits per heavy atom. The molecule has 0 unspecified atom stereocenters. The molecule has 1 amide bonds. The molecule has 2 fully saturated rings. The highest BCUT2D eigenvalue weighted by atomic mass is 31.2. The first kappa shape index (κ1) is 35.4. The third-order valence-electron chi connectivity index (χ3n) is 7.74. The van der Waals surface area contributed by atoms with Gasteiger partial charge in [0.25, 0.3) is 0 Å². The van der Waals surface area contributed by atoms with Crippen LogP contribution in [0.4, 0.5) is 0 Å². The molecule has 1 N–H and O–H groups in total. The SMILES string of the molecule is CC(=O)N[C@H]1[C@@H](OP(=O)(OCc2ccccc2)OCc2ccccc2)O[C@@H]2CO[Si](C(C)(C)C)(C(C)(C)C)O[C@H]2[C@@H]1OC(C)=O. The summed E-state index contributed by atoms with van der Waals surface area (Å²) < 4.78 is 57.7. The molecule has 0 bridgehead atoms. The Morgan fingerprint density at radius 1 is 0.889 bits per heavy atom. The summed E-state index contributed by atoms with van der Waals surface area (Å²) in [6, 6.07) is 17.2. The Bertz CT molecular complexity index is 1290. The Hall–Kier alpha value is -2.41. The van der Waals surface area contributed by atoms with Crippen LogP contribution in [0.2, 0.25) is 10.1 Å². The summed E-state index contributed by atoms with van der Waals surface area (Å²) in [6.07, 6.45) is -4.07. The molecule has 0 spiro atoms. The number of hydrogen-bond acceptors (Lipinski definition) is 10. The largest absolute Gasteiger partial charge is 0.477 e. The fraction of sp³-hybridized carbons (Fsp3) is 0.562. The molecule has 0 saturated carbocycles. The van der Waals surface area contributed by atoms with Crippen LogP contribution < -0.4 is 5.32 Å². The van der Waals surface area contributed by atoms with Crippen molar-refractivity contribution >= 4 is 28.3 Å². The van der Waals surface area contributed by atoms with Crippen molar-refractivity contribution in [3.8, 4) is 0 Å². The quantitative estimate of drug-likeness (QED) is 0.179. The first-order chi connectivity index (χ1) is 21.0. The average Bonchev–Trinajstić information content (AvgIpc) is 2.96. The van der Waals surface area contributed by atoms with E-state index < -0.39 is 58.9 Å². The molecule has 45 heavy (non-hydrogen) atoms. The van der Waals surface area contributed by atoms with Gasteiger partial charge in [-0.15, -0.1) is 0 Å². The van der Waals surface area contributed by atoms with Crippen LogP contribution in [-0.4, -0.2) is 57.7 Å². The normalized spacial score (nSPS) is 25.2. The first-order valence-corrected chi connectivity index (χ1v) is 18.4. The number of fused-ring (bicyclic) bond motifs is 1. The number of carbonyl (C=O) groups is 2. The monoisotopic (exact) mass is 663 g/mol. The van der Waals surface area contributed by atoms with E-state index in [1.165, 1.54) is 13.8 Å². The number of nitrogens with one attached hydrogen (secondary N) is 1. The van der Waals surface area contributed by atoms with Crippen LogP contribution in [0.25, 0.3) is 0 Å². The Morgan fingerprint density at radius 2 is 1.40 bits per heavy atom. The van der Waals surface area contributed by atoms with Gasteiger partial charge in [0.15, 0.2) is 12.4 Å². The lowest BCUT2D eigenvalue weighted by atomic mass is 9.96. The fourth-order valence-electron chi connectivity index (χ4n) is 6.01. The predicted octanol–water partition coefficient (Wildman–Crippen LogP) is 6.16. The molecule has 2 aromatic carbocycles. The van der Waals surface area contributed by atoms with Gasteiger partial charge in [-0.25, -0.2) is 4.57 Å². The molecule has 4 rings (SSSR count). The van der Waals surface area contributed by atoms with Crippen molar-refractivity contribution in [2.24, 2.45) is 0 Å². The van der Waals surface area contributed by atoms with Crippen LogP contribution in [0.3, 0.4) is 0 Å². The number of esters is 1. The van der Waals surface area contributed by atoms with Crippen molar-refractivity contribution in [2.75, 3.05) is 6.61 Å². The number of hydrogen-bond donors (Lipinski definition) is 1. The summed E-state index contributed by atoms with van der Waals surface area (Å²) in [5.74, 6) is -1.03. The lowest BCUT2D eigenvalue weighted by Gasteiger charge is -2.57. The van der Waals surface area contributed by atoms with E-state index in [0.29, 0.717) is 0 Å². The van der Waals surface area contributed by atoms with E-state index in [2.05, 4.69) is 46.9 Å². The van der Waals surface area contributed by atoms with Crippen molar-refractivity contribution in [3.05, 3.63) is 71.8 Å². The highest BCUT2D eigenvalue weighted by Gasteiger charge is 2.65. The van der Waals surface area contributed by atoms with Gasteiger partial charge in [0.1, 0.15) is 18.2 Å². The molecule has 2 saturated heterocycles. The standard InChI is InChI=1S/C32H46NO10PSi/c1-22(34)33-27-29(40-23(2)35)28-26(21-39-45(43-28,31(3,4)5)32(6,7)8)41-30(27)42-44(36,37-19-24-15-11-9-12-16-24)38-20-25-17-13-10-14-18-25/h9-18,26-30H,19-21H2,1-8H3,(H,33,34)/t26-,27-,28-,29-,30-/m1/s1. The predicted molar refractivity (Wildman–Crippen MR) is 169 cm³/mol. The van der Waals surface area contributed by atoms with Crippen LogP contribution in [-0.2, 0) is 59.3 Å². The van der Waals surface area contributed by atoms with Crippen LogP contribution in [0.15, 0.2) is 60.7 Å². The number of ether oxygens (including phenoxy) is 2. The summed E-state index contributed by atoms with van der Waals surface area (Å²) in [7, 11) is -7.43. The molecule has 2 aliphatic rings. The number of phosphoric ester groups is 1. The third-order valence-corrected chi connectivity index (χ3v) is 14.2. The molecule has 248 valence electrons. The maximum absolute atomic E-state index is 14.3. The van der Waals surface area contributed by atoms with Crippen molar-refractivity contribution in [3.63, 3.8) is 0 Å². The highest BCUT2D eigenvalue weighted by molar-refractivity contribution is 7.48. The van der Waals surface area contributed by atoms with Crippen molar-refractivity contribution in [1.29, 1.82) is 0 Å². The van der Waals surface area contributed by atoms with Gasteiger partial charge in [-0.3, -0.25) is 23.2 Å². The van der Waals surface area contributed by atoms with Crippen LogP contribution in [0, 0.1) is 0 Å². The van der Waals surface area contributed by atoms with Gasteiger partial charge in [0.2, 0.25) is 5.91 Å². The molecule has 5 atom stereocenters. The summed E-state index contributed by atoms with van der Waals surface area (Å²) in [5.41, 5.74) is 1.48. The van der Waals surface area contributed by atoms with Crippen LogP contribution >= 0.6 is 7.82 Å². The van der Waals surface area contributed by atoms with Gasteiger partial charge in [0.05, 0.1) is 19.8 Å². The summed E-state index contributed by atoms with van der Waals surface area (Å²) >= 11 is 0. The van der Waals surface area contributed by atoms with E-state index >= 15 is 0 Å². The van der Waals surface area contributed by atoms with Gasteiger partial charge in [-0.05, 0) is 11.1 Å². The molecule has 0 radical (unpaired) electrons. The van der Waals surface area contributed by atoms with Gasteiger partial charge >= 0.3 is 22.4 Å². The number of benzene rings is 2. The Labute approximate surface area is 267 Å². The fourth-order valence-corrected chi connectivity index (χ4v) is 12.2. The molecule has 11 nitrogen and oxygen atoms in total. The topological polar surface area (TPSA) is 128 Å². The van der Waals surface area contributed by atoms with Crippen molar-refractivity contribution in [2.45, 2.75) is 109 Å². The zero-order valence-electron chi connectivity index (χ0n) is 27.3. The molecule has 13 heteroatoms. The maximum Gasteiger partial charge on any atom is 0.477 e. The maximum atomic E-state index is 14.3. The Kier molecular flexibility index (Phi) is 11.1. The number of phosphoric acid groups is 1. The zero-order valence-corrected chi connectivity index (χ0v) is 29.2. The smallest absolute Gasteiger partial charge is 0.457 e. The Balaban J connectivity index is 1.69. The van der Waals surface area contributed by atoms with E-state index in [1.54, 1.807) is 0 Å². The zero-order chi connectivity index (χ0) is 33.0. The average molecular weight is 664 g/mol. The lowest BCUT2D eigenvalue weighted by Crippen LogP contribution is -2.73. The van der Waals surface area contributed by atoms with Crippen molar-refractivity contribution < 1.29 is 46.1 Å². The van der Waals surface area contributed by atoms with E-state index in [0.717, 1.165) is 11.1 Å². The second-order valence-corrected chi connectivity index (χ2v) is 19.8. The molecular formula is C32H46NO10PSi.